The monoisotopic (exact) mass is 288 g/mol. The van der Waals surface area contributed by atoms with E-state index in [1.165, 1.54) is 24.4 Å². The van der Waals surface area contributed by atoms with Gasteiger partial charge in [0.2, 0.25) is 0 Å². The molecule has 0 aliphatic carbocycles. The Morgan fingerprint density at radius 1 is 1.24 bits per heavy atom. The number of benzene rings is 1. The predicted octanol–water partition coefficient (Wildman–Crippen LogP) is 3.06. The van der Waals surface area contributed by atoms with Gasteiger partial charge in [-0.2, -0.15) is 0 Å². The molecule has 21 heavy (non-hydrogen) atoms. The number of fused-ring (bicyclic) bond motifs is 1. The Morgan fingerprint density at radius 2 is 2.05 bits per heavy atom. The fraction of sp³-hybridized carbons (Fsp3) is 0.0667. The van der Waals surface area contributed by atoms with Gasteiger partial charge < -0.3 is 9.67 Å². The summed E-state index contributed by atoms with van der Waals surface area (Å²) < 4.78 is 28.3. The van der Waals surface area contributed by atoms with E-state index in [4.69, 9.17) is 5.11 Å². The maximum atomic E-state index is 13.7. The zero-order valence-corrected chi connectivity index (χ0v) is 10.8. The molecule has 6 heteroatoms. The molecule has 0 saturated carbocycles. The van der Waals surface area contributed by atoms with E-state index in [-0.39, 0.29) is 12.2 Å². The molecule has 0 unspecified atom stereocenters. The van der Waals surface area contributed by atoms with E-state index in [2.05, 4.69) is 4.98 Å². The molecule has 106 valence electrons. The normalized spacial score (nSPS) is 11.0. The number of carbonyl (C=O) groups is 1. The first-order chi connectivity index (χ1) is 10.0. The Hall–Kier alpha value is -2.76. The van der Waals surface area contributed by atoms with Crippen LogP contribution in [0.1, 0.15) is 16.1 Å². The lowest BCUT2D eigenvalue weighted by molar-refractivity contribution is 0.0690. The minimum absolute atomic E-state index is 0.0480. The zero-order chi connectivity index (χ0) is 15.0. The third-order valence-corrected chi connectivity index (χ3v) is 3.23. The van der Waals surface area contributed by atoms with Crippen LogP contribution in [0.5, 0.6) is 0 Å². The van der Waals surface area contributed by atoms with Gasteiger partial charge in [0.05, 0.1) is 18.3 Å². The molecule has 0 aliphatic heterocycles. The van der Waals surface area contributed by atoms with Gasteiger partial charge in [-0.05, 0) is 18.2 Å². The van der Waals surface area contributed by atoms with Crippen LogP contribution in [0.15, 0.2) is 42.7 Å². The lowest BCUT2D eigenvalue weighted by Crippen LogP contribution is -2.03. The number of aromatic nitrogens is 2. The number of rotatable bonds is 3. The van der Waals surface area contributed by atoms with E-state index in [0.29, 0.717) is 16.5 Å². The van der Waals surface area contributed by atoms with E-state index in [1.54, 1.807) is 16.8 Å². The van der Waals surface area contributed by atoms with Crippen LogP contribution in [0.25, 0.3) is 10.9 Å². The van der Waals surface area contributed by atoms with Crippen molar-refractivity contribution in [2.24, 2.45) is 0 Å². The molecule has 3 aromatic rings. The molecule has 4 nitrogen and oxygen atoms in total. The number of hydrogen-bond acceptors (Lipinski definition) is 2. The second kappa shape index (κ2) is 4.97. The number of carboxylic acids is 1. The molecule has 0 fully saturated rings. The molecular weight excluding hydrogens is 278 g/mol. The van der Waals surface area contributed by atoms with E-state index in [1.807, 2.05) is 0 Å². The Labute approximate surface area is 118 Å². The van der Waals surface area contributed by atoms with Gasteiger partial charge in [0.25, 0.3) is 0 Å². The molecule has 1 N–H and O–H groups in total. The largest absolute Gasteiger partial charge is 0.477 e. The van der Waals surface area contributed by atoms with Crippen LogP contribution in [0.2, 0.25) is 0 Å². The highest BCUT2D eigenvalue weighted by atomic mass is 19.1. The summed E-state index contributed by atoms with van der Waals surface area (Å²) in [5, 5.41) is 9.59. The highest BCUT2D eigenvalue weighted by Gasteiger charge is 2.10. The first kappa shape index (κ1) is 13.2. The third kappa shape index (κ3) is 2.47. The number of halogens is 2. The van der Waals surface area contributed by atoms with Crippen molar-refractivity contribution >= 4 is 16.9 Å². The van der Waals surface area contributed by atoms with Gasteiger partial charge >= 0.3 is 5.97 Å². The molecule has 1 aromatic carbocycles. The minimum Gasteiger partial charge on any atom is -0.477 e. The Balaban J connectivity index is 1.99. The molecular formula is C15H10F2N2O2. The molecule has 2 heterocycles. The van der Waals surface area contributed by atoms with Crippen LogP contribution in [0.4, 0.5) is 8.78 Å². The topological polar surface area (TPSA) is 55.1 Å². The van der Waals surface area contributed by atoms with Crippen LogP contribution in [-0.4, -0.2) is 20.6 Å². The van der Waals surface area contributed by atoms with Crippen molar-refractivity contribution in [2.45, 2.75) is 6.54 Å². The molecule has 0 spiro atoms. The standard InChI is InChI=1S/C15H10F2N2O2/c16-11-2-1-10(12(17)6-11)8-19-4-3-9-5-13(15(20)21)18-7-14(9)19/h1-7H,8H2,(H,20,21). The lowest BCUT2D eigenvalue weighted by Gasteiger charge is -2.07. The quantitative estimate of drug-likeness (QED) is 0.806. The Bertz CT molecular complexity index is 843. The first-order valence-corrected chi connectivity index (χ1v) is 6.17. The second-order valence-electron chi connectivity index (χ2n) is 4.61. The van der Waals surface area contributed by atoms with E-state index < -0.39 is 17.6 Å². The van der Waals surface area contributed by atoms with Crippen LogP contribution < -0.4 is 0 Å². The van der Waals surface area contributed by atoms with E-state index in [9.17, 15) is 13.6 Å². The highest BCUT2D eigenvalue weighted by molar-refractivity contribution is 5.91. The zero-order valence-electron chi connectivity index (χ0n) is 10.8. The molecule has 0 bridgehead atoms. The summed E-state index contributed by atoms with van der Waals surface area (Å²) in [6.45, 7) is 0.212. The molecule has 0 radical (unpaired) electrons. The van der Waals surface area contributed by atoms with Crippen molar-refractivity contribution in [1.82, 2.24) is 9.55 Å². The van der Waals surface area contributed by atoms with Crippen LogP contribution in [0.3, 0.4) is 0 Å². The molecule has 0 amide bonds. The number of pyridine rings is 1. The van der Waals surface area contributed by atoms with Crippen molar-refractivity contribution in [3.8, 4) is 0 Å². The summed E-state index contributed by atoms with van der Waals surface area (Å²) in [4.78, 5) is 14.7. The van der Waals surface area contributed by atoms with Crippen molar-refractivity contribution in [3.05, 3.63) is 65.6 Å². The smallest absolute Gasteiger partial charge is 0.354 e. The van der Waals surface area contributed by atoms with Crippen LogP contribution >= 0.6 is 0 Å². The van der Waals surface area contributed by atoms with Gasteiger partial charge in [-0.1, -0.05) is 6.07 Å². The minimum atomic E-state index is -1.10. The highest BCUT2D eigenvalue weighted by Crippen LogP contribution is 2.19. The van der Waals surface area contributed by atoms with Gasteiger partial charge in [0.1, 0.15) is 17.3 Å². The average Bonchev–Trinajstić information content (AvgIpc) is 2.84. The van der Waals surface area contributed by atoms with Crippen molar-refractivity contribution < 1.29 is 18.7 Å². The molecule has 3 rings (SSSR count). The number of aromatic carboxylic acids is 1. The third-order valence-electron chi connectivity index (χ3n) is 3.23. The van der Waals surface area contributed by atoms with Crippen molar-refractivity contribution in [1.29, 1.82) is 0 Å². The summed E-state index contributed by atoms with van der Waals surface area (Å²) in [6, 6.07) is 6.60. The summed E-state index contributed by atoms with van der Waals surface area (Å²) >= 11 is 0. The summed E-state index contributed by atoms with van der Waals surface area (Å²) in [5.74, 6) is -2.34. The van der Waals surface area contributed by atoms with E-state index >= 15 is 0 Å². The molecule has 0 aliphatic rings. The number of hydrogen-bond donors (Lipinski definition) is 1. The first-order valence-electron chi connectivity index (χ1n) is 6.17. The van der Waals surface area contributed by atoms with Crippen molar-refractivity contribution in [3.63, 3.8) is 0 Å². The molecule has 0 saturated heterocycles. The predicted molar refractivity (Wildman–Crippen MR) is 72.2 cm³/mol. The summed E-state index contributed by atoms with van der Waals surface area (Å²) in [7, 11) is 0. The fourth-order valence-electron chi connectivity index (χ4n) is 2.18. The van der Waals surface area contributed by atoms with Gasteiger partial charge in [0.15, 0.2) is 0 Å². The van der Waals surface area contributed by atoms with Crippen LogP contribution in [0, 0.1) is 11.6 Å². The van der Waals surface area contributed by atoms with Gasteiger partial charge in [-0.3, -0.25) is 0 Å². The second-order valence-corrected chi connectivity index (χ2v) is 4.61. The van der Waals surface area contributed by atoms with Gasteiger partial charge in [-0.25, -0.2) is 18.6 Å². The molecule has 2 aromatic heterocycles. The SMILES string of the molecule is O=C(O)c1cc2ccn(Cc3ccc(F)cc3F)c2cn1. The summed E-state index contributed by atoms with van der Waals surface area (Å²) in [5.41, 5.74) is 0.980. The molecule has 0 atom stereocenters. The lowest BCUT2D eigenvalue weighted by atomic mass is 10.2. The Morgan fingerprint density at radius 3 is 2.76 bits per heavy atom. The Kier molecular flexibility index (Phi) is 3.13. The maximum Gasteiger partial charge on any atom is 0.354 e. The number of carboxylic acid groups (broad SMARTS) is 1. The van der Waals surface area contributed by atoms with E-state index in [0.717, 1.165) is 6.07 Å². The maximum absolute atomic E-state index is 13.7. The van der Waals surface area contributed by atoms with Crippen molar-refractivity contribution in [2.75, 3.05) is 0 Å². The van der Waals surface area contributed by atoms with Crippen LogP contribution in [-0.2, 0) is 6.54 Å². The van der Waals surface area contributed by atoms with Gasteiger partial charge in [0, 0.05) is 23.2 Å². The van der Waals surface area contributed by atoms with Gasteiger partial charge in [-0.15, -0.1) is 0 Å². The summed E-state index contributed by atoms with van der Waals surface area (Å²) in [6.07, 6.45) is 3.14. The number of nitrogens with zero attached hydrogens (tertiary/aromatic N) is 2. The fourth-order valence-corrected chi connectivity index (χ4v) is 2.18. The average molecular weight is 288 g/mol.